The largest absolute Gasteiger partial charge is 0.478 e. The molecule has 0 aliphatic rings. The first kappa shape index (κ1) is 20.3. The van der Waals surface area contributed by atoms with Crippen LogP contribution < -0.4 is 0 Å². The minimum absolute atomic E-state index is 0.0820. The number of carboxylic acid groups (broad SMARTS) is 4. The van der Waals surface area contributed by atoms with E-state index in [1.165, 1.54) is 60.7 Å². The number of carboxylic acids is 4. The molecular formula is C22H14O8. The summed E-state index contributed by atoms with van der Waals surface area (Å²) in [6.45, 7) is 0. The van der Waals surface area contributed by atoms with Crippen LogP contribution >= 0.6 is 0 Å². The second-order valence-electron chi connectivity index (χ2n) is 6.32. The van der Waals surface area contributed by atoms with Crippen LogP contribution in [0.5, 0.6) is 0 Å². The molecule has 0 saturated heterocycles. The van der Waals surface area contributed by atoms with Crippen molar-refractivity contribution >= 4 is 23.9 Å². The molecule has 0 saturated carbocycles. The Hall–Kier alpha value is -4.46. The molecule has 0 aliphatic heterocycles. The molecule has 0 amide bonds. The van der Waals surface area contributed by atoms with Crippen LogP contribution in [0.15, 0.2) is 60.7 Å². The molecule has 8 nitrogen and oxygen atoms in total. The number of hydrogen-bond donors (Lipinski definition) is 4. The maximum absolute atomic E-state index is 11.5. The highest BCUT2D eigenvalue weighted by atomic mass is 16.4. The molecule has 30 heavy (non-hydrogen) atoms. The lowest BCUT2D eigenvalue weighted by Gasteiger charge is -2.11. The smallest absolute Gasteiger partial charge is 0.336 e. The Morgan fingerprint density at radius 3 is 1.07 bits per heavy atom. The maximum Gasteiger partial charge on any atom is 0.336 e. The predicted octanol–water partition coefficient (Wildman–Crippen LogP) is 3.81. The third-order valence-corrected chi connectivity index (χ3v) is 4.50. The van der Waals surface area contributed by atoms with E-state index in [0.29, 0.717) is 11.1 Å². The van der Waals surface area contributed by atoms with Crippen LogP contribution in [0.4, 0.5) is 0 Å². The van der Waals surface area contributed by atoms with Crippen molar-refractivity contribution < 1.29 is 39.6 Å². The third-order valence-electron chi connectivity index (χ3n) is 4.50. The van der Waals surface area contributed by atoms with Gasteiger partial charge in [-0.15, -0.1) is 0 Å². The minimum atomic E-state index is -1.23. The highest BCUT2D eigenvalue weighted by molar-refractivity contribution is 6.01. The summed E-state index contributed by atoms with van der Waals surface area (Å²) in [5.74, 6) is -4.87. The van der Waals surface area contributed by atoms with Crippen LogP contribution in [0.3, 0.4) is 0 Å². The van der Waals surface area contributed by atoms with Crippen molar-refractivity contribution in [2.45, 2.75) is 0 Å². The molecule has 0 radical (unpaired) electrons. The van der Waals surface area contributed by atoms with E-state index in [1.807, 2.05) is 0 Å². The van der Waals surface area contributed by atoms with Gasteiger partial charge >= 0.3 is 23.9 Å². The molecule has 0 heterocycles. The zero-order valence-corrected chi connectivity index (χ0v) is 15.2. The fourth-order valence-electron chi connectivity index (χ4n) is 3.03. The molecule has 0 aromatic heterocycles. The molecule has 0 unspecified atom stereocenters. The highest BCUT2D eigenvalue weighted by Gasteiger charge is 2.17. The van der Waals surface area contributed by atoms with Crippen molar-refractivity contribution in [2.24, 2.45) is 0 Å². The first-order chi connectivity index (χ1) is 14.2. The number of aromatic carboxylic acids is 4. The van der Waals surface area contributed by atoms with Gasteiger partial charge in [-0.2, -0.15) is 0 Å². The van der Waals surface area contributed by atoms with Gasteiger partial charge in [0.25, 0.3) is 0 Å². The number of rotatable bonds is 6. The molecular weight excluding hydrogens is 392 g/mol. The van der Waals surface area contributed by atoms with Crippen molar-refractivity contribution in [3.63, 3.8) is 0 Å². The van der Waals surface area contributed by atoms with Gasteiger partial charge in [-0.3, -0.25) is 0 Å². The molecule has 3 rings (SSSR count). The monoisotopic (exact) mass is 406 g/mol. The van der Waals surface area contributed by atoms with E-state index < -0.39 is 23.9 Å². The van der Waals surface area contributed by atoms with Gasteiger partial charge in [0.15, 0.2) is 0 Å². The SMILES string of the molecule is O=C(O)c1ccc(C(=O)O)c(-c2ccc(-c3cc(C(=O)O)ccc3C(=O)O)cc2)c1. The van der Waals surface area contributed by atoms with Crippen LogP contribution in [-0.4, -0.2) is 44.3 Å². The zero-order valence-electron chi connectivity index (χ0n) is 15.2. The molecule has 0 bridgehead atoms. The van der Waals surface area contributed by atoms with Crippen molar-refractivity contribution in [1.29, 1.82) is 0 Å². The van der Waals surface area contributed by atoms with E-state index >= 15 is 0 Å². The fraction of sp³-hybridized carbons (Fsp3) is 0. The molecule has 0 aliphatic carbocycles. The van der Waals surface area contributed by atoms with Gasteiger partial charge in [0.1, 0.15) is 0 Å². The number of carbonyl (C=O) groups is 4. The summed E-state index contributed by atoms with van der Waals surface area (Å²) in [7, 11) is 0. The predicted molar refractivity (Wildman–Crippen MR) is 105 cm³/mol. The summed E-state index contributed by atoms with van der Waals surface area (Å²) in [6, 6.07) is 13.3. The van der Waals surface area contributed by atoms with Crippen LogP contribution in [0, 0.1) is 0 Å². The van der Waals surface area contributed by atoms with Gasteiger partial charge in [0.05, 0.1) is 22.3 Å². The van der Waals surface area contributed by atoms with Crippen LogP contribution in [0.1, 0.15) is 41.4 Å². The first-order valence-corrected chi connectivity index (χ1v) is 8.51. The lowest BCUT2D eigenvalue weighted by molar-refractivity contribution is 0.0682. The average molecular weight is 406 g/mol. The van der Waals surface area contributed by atoms with Gasteiger partial charge < -0.3 is 20.4 Å². The standard InChI is InChI=1S/C22H14O8/c23-19(24)13-5-7-15(21(27)28)17(9-13)11-1-2-12(4-3-11)18-10-14(20(25)26)6-8-16(18)22(29)30/h1-10H,(H,23,24)(H,25,26)(H,27,28)(H,29,30). The van der Waals surface area contributed by atoms with Crippen molar-refractivity contribution in [3.8, 4) is 22.3 Å². The molecule has 150 valence electrons. The molecule has 4 N–H and O–H groups in total. The topological polar surface area (TPSA) is 149 Å². The Morgan fingerprint density at radius 1 is 0.467 bits per heavy atom. The Labute approximate surface area is 169 Å². The molecule has 3 aromatic carbocycles. The van der Waals surface area contributed by atoms with E-state index in [2.05, 4.69) is 0 Å². The molecule has 0 atom stereocenters. The van der Waals surface area contributed by atoms with Gasteiger partial charge in [-0.05, 0) is 58.7 Å². The van der Waals surface area contributed by atoms with Gasteiger partial charge in [0.2, 0.25) is 0 Å². The summed E-state index contributed by atoms with van der Waals surface area (Å²) in [5, 5.41) is 37.2. The van der Waals surface area contributed by atoms with E-state index in [9.17, 15) is 39.6 Å². The van der Waals surface area contributed by atoms with Crippen LogP contribution in [0.25, 0.3) is 22.3 Å². The molecule has 8 heteroatoms. The highest BCUT2D eigenvalue weighted by Crippen LogP contribution is 2.30. The Kier molecular flexibility index (Phi) is 5.33. The van der Waals surface area contributed by atoms with Crippen molar-refractivity contribution in [1.82, 2.24) is 0 Å². The van der Waals surface area contributed by atoms with Crippen molar-refractivity contribution in [2.75, 3.05) is 0 Å². The summed E-state index contributed by atoms with van der Waals surface area (Å²) < 4.78 is 0. The Balaban J connectivity index is 2.13. The van der Waals surface area contributed by atoms with Gasteiger partial charge in [-0.1, -0.05) is 24.3 Å². The normalized spacial score (nSPS) is 10.4. The zero-order chi connectivity index (χ0) is 22.0. The lowest BCUT2D eigenvalue weighted by Crippen LogP contribution is -2.04. The fourth-order valence-corrected chi connectivity index (χ4v) is 3.03. The van der Waals surface area contributed by atoms with E-state index in [-0.39, 0.29) is 33.4 Å². The van der Waals surface area contributed by atoms with Gasteiger partial charge in [-0.25, -0.2) is 19.2 Å². The summed E-state index contributed by atoms with van der Waals surface area (Å²) in [6.07, 6.45) is 0. The second-order valence-corrected chi connectivity index (χ2v) is 6.32. The van der Waals surface area contributed by atoms with Crippen LogP contribution in [0.2, 0.25) is 0 Å². The Morgan fingerprint density at radius 2 is 0.800 bits per heavy atom. The maximum atomic E-state index is 11.5. The first-order valence-electron chi connectivity index (χ1n) is 8.51. The lowest BCUT2D eigenvalue weighted by atomic mass is 9.93. The number of benzene rings is 3. The summed E-state index contributed by atoms with van der Waals surface area (Å²) in [5.41, 5.74) is 0.843. The molecule has 0 fully saturated rings. The van der Waals surface area contributed by atoms with E-state index in [0.717, 1.165) is 0 Å². The van der Waals surface area contributed by atoms with Crippen LogP contribution in [-0.2, 0) is 0 Å². The minimum Gasteiger partial charge on any atom is -0.478 e. The number of hydrogen-bond acceptors (Lipinski definition) is 4. The van der Waals surface area contributed by atoms with Crippen molar-refractivity contribution in [3.05, 3.63) is 82.9 Å². The Bertz CT molecular complexity index is 1100. The summed E-state index contributed by atoms with van der Waals surface area (Å²) >= 11 is 0. The van der Waals surface area contributed by atoms with E-state index in [1.54, 1.807) is 0 Å². The molecule has 3 aromatic rings. The summed E-state index contributed by atoms with van der Waals surface area (Å²) in [4.78, 5) is 45.5. The molecule has 0 spiro atoms. The quantitative estimate of drug-likeness (QED) is 0.483. The average Bonchev–Trinajstić information content (AvgIpc) is 2.72. The second kappa shape index (κ2) is 7.88. The van der Waals surface area contributed by atoms with E-state index in [4.69, 9.17) is 0 Å². The third kappa shape index (κ3) is 3.88. The van der Waals surface area contributed by atoms with Gasteiger partial charge in [0, 0.05) is 0 Å².